The van der Waals surface area contributed by atoms with Gasteiger partial charge in [-0.3, -0.25) is 4.79 Å². The van der Waals surface area contributed by atoms with Crippen LogP contribution in [0.4, 0.5) is 0 Å². The molecular weight excluding hydrogens is 180 g/mol. The quantitative estimate of drug-likeness (QED) is 0.563. The fourth-order valence-electron chi connectivity index (χ4n) is 0.679. The Morgan fingerprint density at radius 2 is 1.79 bits per heavy atom. The van der Waals surface area contributed by atoms with Gasteiger partial charge in [-0.15, -0.1) is 0 Å². The monoisotopic (exact) mass is 202 g/mol. The molecule has 3 heteroatoms. The summed E-state index contributed by atoms with van der Waals surface area (Å²) >= 11 is 0. The highest BCUT2D eigenvalue weighted by atomic mass is 16.4. The van der Waals surface area contributed by atoms with Crippen LogP contribution in [0.5, 0.6) is 0 Å². The summed E-state index contributed by atoms with van der Waals surface area (Å²) in [6.07, 6.45) is 9.69. The molecule has 84 valence electrons. The van der Waals surface area contributed by atoms with Gasteiger partial charge in [0.25, 0.3) is 5.97 Å². The van der Waals surface area contributed by atoms with E-state index in [-0.39, 0.29) is 0 Å². The highest BCUT2D eigenvalue weighted by Crippen LogP contribution is 1.98. The van der Waals surface area contributed by atoms with Crippen molar-refractivity contribution in [3.8, 4) is 0 Å². The van der Waals surface area contributed by atoms with Crippen LogP contribution >= 0.6 is 0 Å². The maximum atomic E-state index is 9.00. The van der Waals surface area contributed by atoms with Gasteiger partial charge in [-0.05, 0) is 19.8 Å². The zero-order valence-corrected chi connectivity index (χ0v) is 9.45. The largest absolute Gasteiger partial charge is 0.481 e. The summed E-state index contributed by atoms with van der Waals surface area (Å²) in [4.78, 5) is 17.0. The van der Waals surface area contributed by atoms with Crippen LogP contribution in [0.2, 0.25) is 0 Å². The van der Waals surface area contributed by atoms with Crippen LogP contribution in [-0.4, -0.2) is 17.9 Å². The van der Waals surface area contributed by atoms with Gasteiger partial charge >= 0.3 is 0 Å². The molecule has 0 aliphatic rings. The van der Waals surface area contributed by atoms with Crippen molar-refractivity contribution in [2.24, 2.45) is 0 Å². The van der Waals surface area contributed by atoms with Gasteiger partial charge < -0.3 is 9.90 Å². The lowest BCUT2D eigenvalue weighted by atomic mass is 10.2. The topological polar surface area (TPSA) is 54.4 Å². The lowest BCUT2D eigenvalue weighted by Crippen LogP contribution is -1.78. The molecule has 1 N–H and O–H groups in total. The number of carbonyl (C=O) groups is 2. The summed E-state index contributed by atoms with van der Waals surface area (Å²) in [6, 6.07) is 0. The van der Waals surface area contributed by atoms with Crippen LogP contribution in [0.25, 0.3) is 0 Å². The molecule has 0 aliphatic carbocycles. The normalized spacial score (nSPS) is 8.21. The Morgan fingerprint density at radius 1 is 1.36 bits per heavy atom. The average molecular weight is 202 g/mol. The minimum absolute atomic E-state index is 0.833. The number of hydrogen-bond acceptors (Lipinski definition) is 2. The van der Waals surface area contributed by atoms with Gasteiger partial charge in [0, 0.05) is 6.92 Å². The first-order valence-electron chi connectivity index (χ1n) is 4.74. The van der Waals surface area contributed by atoms with Crippen molar-refractivity contribution >= 4 is 12.8 Å². The number of carboxylic acid groups (broad SMARTS) is 1. The number of carboxylic acids is 1. The van der Waals surface area contributed by atoms with E-state index in [1.807, 2.05) is 6.79 Å². The Kier molecular flexibility index (Phi) is 30.1. The fraction of sp³-hybridized carbons (Fsp3) is 0.636. The molecule has 0 aromatic rings. The minimum Gasteiger partial charge on any atom is -0.481 e. The van der Waals surface area contributed by atoms with E-state index in [9.17, 15) is 0 Å². The summed E-state index contributed by atoms with van der Waals surface area (Å²) in [7, 11) is 0. The molecule has 0 unspecified atom stereocenters. The van der Waals surface area contributed by atoms with E-state index in [0.717, 1.165) is 6.92 Å². The third kappa shape index (κ3) is 70.5. The Labute approximate surface area is 86.8 Å². The van der Waals surface area contributed by atoms with E-state index < -0.39 is 5.97 Å². The molecule has 0 saturated heterocycles. The number of unbranched alkanes of at least 4 members (excludes halogenated alkanes) is 3. The van der Waals surface area contributed by atoms with Crippen LogP contribution in [0.1, 0.15) is 46.5 Å². The van der Waals surface area contributed by atoms with Gasteiger partial charge in [0.2, 0.25) is 0 Å². The Hall–Kier alpha value is -1.12. The highest BCUT2D eigenvalue weighted by Gasteiger charge is 1.78. The second-order valence-electron chi connectivity index (χ2n) is 2.58. The van der Waals surface area contributed by atoms with Crippen molar-refractivity contribution < 1.29 is 14.7 Å². The zero-order valence-electron chi connectivity index (χ0n) is 9.45. The van der Waals surface area contributed by atoms with Gasteiger partial charge in [-0.25, -0.2) is 0 Å². The third-order valence-corrected chi connectivity index (χ3v) is 1.21. The van der Waals surface area contributed by atoms with Gasteiger partial charge in [-0.2, -0.15) is 0 Å². The summed E-state index contributed by atoms with van der Waals surface area (Å²) in [5, 5.41) is 7.42. The molecule has 14 heavy (non-hydrogen) atoms. The molecular formula is C11H22O3. The SMILES string of the molecule is C/C=C/CCCCC.C=O.CC(=O)O. The maximum absolute atomic E-state index is 9.00. The average Bonchev–Trinajstić information content (AvgIpc) is 2.15. The third-order valence-electron chi connectivity index (χ3n) is 1.21. The van der Waals surface area contributed by atoms with E-state index in [2.05, 4.69) is 26.0 Å². The van der Waals surface area contributed by atoms with Crippen molar-refractivity contribution in [3.05, 3.63) is 12.2 Å². The lowest BCUT2D eigenvalue weighted by molar-refractivity contribution is -0.134. The summed E-state index contributed by atoms with van der Waals surface area (Å²) in [6.45, 7) is 7.39. The van der Waals surface area contributed by atoms with Crippen LogP contribution < -0.4 is 0 Å². The van der Waals surface area contributed by atoms with E-state index in [1.54, 1.807) is 0 Å². The van der Waals surface area contributed by atoms with E-state index >= 15 is 0 Å². The first-order valence-corrected chi connectivity index (χ1v) is 4.74. The molecule has 0 aliphatic heterocycles. The number of hydrogen-bond donors (Lipinski definition) is 1. The van der Waals surface area contributed by atoms with Crippen molar-refractivity contribution in [1.29, 1.82) is 0 Å². The number of carbonyl (C=O) groups excluding carboxylic acids is 1. The molecule has 0 saturated carbocycles. The number of aliphatic carboxylic acids is 1. The molecule has 0 aromatic heterocycles. The predicted molar refractivity (Wildman–Crippen MR) is 59.4 cm³/mol. The van der Waals surface area contributed by atoms with Crippen molar-refractivity contribution in [2.45, 2.75) is 46.5 Å². The van der Waals surface area contributed by atoms with Crippen molar-refractivity contribution in [2.75, 3.05) is 0 Å². The maximum Gasteiger partial charge on any atom is 0.300 e. The lowest BCUT2D eigenvalue weighted by Gasteiger charge is -1.88. The Bertz CT molecular complexity index is 126. The first-order chi connectivity index (χ1) is 6.65. The summed E-state index contributed by atoms with van der Waals surface area (Å²) < 4.78 is 0. The molecule has 0 atom stereocenters. The first kappa shape index (κ1) is 18.6. The van der Waals surface area contributed by atoms with Gasteiger partial charge in [0.15, 0.2) is 0 Å². The standard InChI is InChI=1S/C8H16.C2H4O2.CH2O/c1-3-5-7-8-6-4-2;1-2(3)4;1-2/h3,5H,4,6-8H2,1-2H3;1H3,(H,3,4);1H2/b5-3+;;. The van der Waals surface area contributed by atoms with Crippen molar-refractivity contribution in [3.63, 3.8) is 0 Å². The molecule has 0 heterocycles. The molecule has 0 spiro atoms. The summed E-state index contributed by atoms with van der Waals surface area (Å²) in [5.74, 6) is -0.833. The van der Waals surface area contributed by atoms with E-state index in [4.69, 9.17) is 14.7 Å². The number of rotatable bonds is 4. The predicted octanol–water partition coefficient (Wildman–Crippen LogP) is 3.05. The molecule has 0 aromatic carbocycles. The molecule has 0 rings (SSSR count). The minimum atomic E-state index is -0.833. The molecule has 0 bridgehead atoms. The van der Waals surface area contributed by atoms with Crippen LogP contribution in [0.3, 0.4) is 0 Å². The zero-order chi connectivity index (χ0) is 11.8. The second-order valence-corrected chi connectivity index (χ2v) is 2.58. The number of allylic oxidation sites excluding steroid dienone is 2. The van der Waals surface area contributed by atoms with Crippen LogP contribution in [0, 0.1) is 0 Å². The molecule has 3 nitrogen and oxygen atoms in total. The molecule has 0 amide bonds. The Balaban J connectivity index is -0.000000170. The fourth-order valence-corrected chi connectivity index (χ4v) is 0.679. The van der Waals surface area contributed by atoms with Crippen LogP contribution in [0.15, 0.2) is 12.2 Å². The Morgan fingerprint density at radius 3 is 2.07 bits per heavy atom. The second kappa shape index (κ2) is 22.6. The van der Waals surface area contributed by atoms with Gasteiger partial charge in [-0.1, -0.05) is 31.9 Å². The van der Waals surface area contributed by atoms with E-state index in [1.165, 1.54) is 25.7 Å². The van der Waals surface area contributed by atoms with Crippen molar-refractivity contribution in [1.82, 2.24) is 0 Å². The summed E-state index contributed by atoms with van der Waals surface area (Å²) in [5.41, 5.74) is 0. The van der Waals surface area contributed by atoms with Crippen LogP contribution in [-0.2, 0) is 9.59 Å². The van der Waals surface area contributed by atoms with Gasteiger partial charge in [0.1, 0.15) is 6.79 Å². The molecule has 0 radical (unpaired) electrons. The van der Waals surface area contributed by atoms with E-state index in [0.29, 0.717) is 0 Å². The van der Waals surface area contributed by atoms with Gasteiger partial charge in [0.05, 0.1) is 0 Å². The smallest absolute Gasteiger partial charge is 0.300 e. The highest BCUT2D eigenvalue weighted by molar-refractivity contribution is 5.62. The molecule has 0 fully saturated rings.